The molecule has 2 rings (SSSR count). The molecule has 0 saturated carbocycles. The average Bonchev–Trinajstić information content (AvgIpc) is 3.15. The Morgan fingerprint density at radius 1 is 1.28 bits per heavy atom. The summed E-state index contributed by atoms with van der Waals surface area (Å²) in [5.41, 5.74) is 1.08. The van der Waals surface area contributed by atoms with E-state index in [4.69, 9.17) is 11.2 Å². The van der Waals surface area contributed by atoms with Gasteiger partial charge in [-0.1, -0.05) is 24.1 Å². The van der Waals surface area contributed by atoms with Gasteiger partial charge in [0, 0.05) is 13.6 Å². The van der Waals surface area contributed by atoms with Gasteiger partial charge in [-0.05, 0) is 35.6 Å². The van der Waals surface area contributed by atoms with Crippen LogP contribution < -0.4 is 10.1 Å². The predicted octanol–water partition coefficient (Wildman–Crippen LogP) is 2.19. The van der Waals surface area contributed by atoms with E-state index < -0.39 is 0 Å². The van der Waals surface area contributed by atoms with Crippen LogP contribution >= 0.6 is 11.3 Å². The number of carbonyl (C=O) groups excluding carboxylic acids is 2. The molecule has 1 aromatic heterocycles. The molecular weight excluding hydrogens is 336 g/mol. The van der Waals surface area contributed by atoms with Crippen LogP contribution in [0, 0.1) is 12.3 Å². The second-order valence-electron chi connectivity index (χ2n) is 5.38. The van der Waals surface area contributed by atoms with Crippen LogP contribution in [0.5, 0.6) is 5.75 Å². The van der Waals surface area contributed by atoms with Crippen LogP contribution in [0.2, 0.25) is 0 Å². The number of thiophene rings is 1. The topological polar surface area (TPSA) is 58.6 Å². The normalized spacial score (nSPS) is 9.92. The quantitative estimate of drug-likeness (QED) is 0.738. The van der Waals surface area contributed by atoms with Gasteiger partial charge in [-0.25, -0.2) is 0 Å². The summed E-state index contributed by atoms with van der Waals surface area (Å²) in [6.45, 7) is 0.785. The molecule has 6 heteroatoms. The second kappa shape index (κ2) is 9.50. The van der Waals surface area contributed by atoms with E-state index >= 15 is 0 Å². The van der Waals surface area contributed by atoms with Crippen molar-refractivity contribution in [3.05, 3.63) is 52.2 Å². The molecule has 1 N–H and O–H groups in total. The van der Waals surface area contributed by atoms with Gasteiger partial charge in [0.2, 0.25) is 5.91 Å². The second-order valence-corrected chi connectivity index (χ2v) is 6.32. The smallest absolute Gasteiger partial charge is 0.264 e. The highest BCUT2D eigenvalue weighted by Crippen LogP contribution is 2.12. The van der Waals surface area contributed by atoms with Gasteiger partial charge in [0.05, 0.1) is 11.4 Å². The molecule has 1 aromatic carbocycles. The summed E-state index contributed by atoms with van der Waals surface area (Å²) in [6, 6.07) is 11.1. The molecule has 0 spiro atoms. The number of nitrogens with zero attached hydrogens (tertiary/aromatic N) is 1. The maximum absolute atomic E-state index is 12.1. The summed E-state index contributed by atoms with van der Waals surface area (Å²) in [5, 5.41) is 4.66. The van der Waals surface area contributed by atoms with Crippen LogP contribution in [-0.2, 0) is 11.2 Å². The van der Waals surface area contributed by atoms with E-state index in [1.807, 2.05) is 35.7 Å². The molecule has 0 saturated heterocycles. The van der Waals surface area contributed by atoms with Gasteiger partial charge in [-0.15, -0.1) is 17.8 Å². The van der Waals surface area contributed by atoms with Crippen molar-refractivity contribution in [2.24, 2.45) is 0 Å². The van der Waals surface area contributed by atoms with Gasteiger partial charge in [0.25, 0.3) is 5.91 Å². The fourth-order valence-corrected chi connectivity index (χ4v) is 2.87. The number of carbonyl (C=O) groups is 2. The van der Waals surface area contributed by atoms with Gasteiger partial charge < -0.3 is 15.0 Å². The Morgan fingerprint density at radius 2 is 2.04 bits per heavy atom. The number of hydrogen-bond acceptors (Lipinski definition) is 4. The number of ether oxygens (including phenoxy) is 1. The molecule has 25 heavy (non-hydrogen) atoms. The van der Waals surface area contributed by atoms with Gasteiger partial charge in [0.15, 0.2) is 0 Å². The lowest BCUT2D eigenvalue weighted by Gasteiger charge is -2.15. The van der Waals surface area contributed by atoms with Crippen molar-refractivity contribution in [1.82, 2.24) is 10.2 Å². The van der Waals surface area contributed by atoms with Crippen molar-refractivity contribution in [3.63, 3.8) is 0 Å². The molecule has 130 valence electrons. The summed E-state index contributed by atoms with van der Waals surface area (Å²) in [4.78, 5) is 26.1. The largest absolute Gasteiger partial charge is 0.481 e. The van der Waals surface area contributed by atoms with E-state index in [-0.39, 0.29) is 25.0 Å². The van der Waals surface area contributed by atoms with Crippen molar-refractivity contribution < 1.29 is 14.3 Å². The van der Waals surface area contributed by atoms with E-state index in [9.17, 15) is 9.59 Å². The monoisotopic (exact) mass is 356 g/mol. The molecule has 0 atom stereocenters. The highest BCUT2D eigenvalue weighted by atomic mass is 32.1. The van der Waals surface area contributed by atoms with Gasteiger partial charge in [-0.3, -0.25) is 9.59 Å². The zero-order chi connectivity index (χ0) is 18.1. The summed E-state index contributed by atoms with van der Waals surface area (Å²) >= 11 is 1.36. The van der Waals surface area contributed by atoms with Crippen LogP contribution in [0.25, 0.3) is 0 Å². The van der Waals surface area contributed by atoms with Crippen molar-refractivity contribution >= 4 is 23.2 Å². The lowest BCUT2D eigenvalue weighted by atomic mass is 10.1. The maximum atomic E-state index is 12.1. The minimum absolute atomic E-state index is 0.0373. The van der Waals surface area contributed by atoms with E-state index in [1.54, 1.807) is 13.1 Å². The summed E-state index contributed by atoms with van der Waals surface area (Å²) in [7, 11) is 1.62. The standard InChI is InChI=1S/C19H20N2O3S/c1-3-12-24-16-8-6-15(7-9-16)10-11-20-18(22)14-21(2)19(23)17-5-4-13-25-17/h1,4-9,13H,10-12,14H2,2H3,(H,20,22). The third-order valence-corrected chi connectivity index (χ3v) is 4.30. The number of likely N-dealkylation sites (N-methyl/N-ethyl adjacent to an activating group) is 1. The molecule has 5 nitrogen and oxygen atoms in total. The maximum Gasteiger partial charge on any atom is 0.264 e. The molecule has 2 aromatic rings. The van der Waals surface area contributed by atoms with E-state index in [0.29, 0.717) is 17.8 Å². The van der Waals surface area contributed by atoms with Crippen LogP contribution in [0.15, 0.2) is 41.8 Å². The molecular formula is C19H20N2O3S. The minimum Gasteiger partial charge on any atom is -0.481 e. The number of terminal acetylenes is 1. The third-order valence-electron chi connectivity index (χ3n) is 3.44. The van der Waals surface area contributed by atoms with Crippen molar-refractivity contribution in [1.29, 1.82) is 0 Å². The van der Waals surface area contributed by atoms with E-state index in [2.05, 4.69) is 11.2 Å². The predicted molar refractivity (Wildman–Crippen MR) is 98.8 cm³/mol. The minimum atomic E-state index is -0.179. The first-order chi connectivity index (χ1) is 12.1. The highest BCUT2D eigenvalue weighted by molar-refractivity contribution is 7.12. The number of nitrogens with one attached hydrogen (secondary N) is 1. The average molecular weight is 356 g/mol. The van der Waals surface area contributed by atoms with Crippen LogP contribution in [0.1, 0.15) is 15.2 Å². The SMILES string of the molecule is C#CCOc1ccc(CCNC(=O)CN(C)C(=O)c2cccs2)cc1. The molecule has 0 radical (unpaired) electrons. The molecule has 0 aliphatic carbocycles. The zero-order valence-corrected chi connectivity index (χ0v) is 14.8. The van der Waals surface area contributed by atoms with E-state index in [0.717, 1.165) is 11.3 Å². The first-order valence-corrected chi connectivity index (χ1v) is 8.69. The Hall–Kier alpha value is -2.78. The van der Waals surface area contributed by atoms with Gasteiger partial charge >= 0.3 is 0 Å². The van der Waals surface area contributed by atoms with E-state index in [1.165, 1.54) is 16.2 Å². The lowest BCUT2D eigenvalue weighted by molar-refractivity contribution is -0.121. The molecule has 0 unspecified atom stereocenters. The van der Waals surface area contributed by atoms with Crippen molar-refractivity contribution in [2.45, 2.75) is 6.42 Å². The summed E-state index contributed by atoms with van der Waals surface area (Å²) < 4.78 is 5.31. The van der Waals surface area contributed by atoms with Crippen LogP contribution in [0.4, 0.5) is 0 Å². The van der Waals surface area contributed by atoms with Crippen molar-refractivity contribution in [3.8, 4) is 18.1 Å². The van der Waals surface area contributed by atoms with Crippen LogP contribution in [-0.4, -0.2) is 43.5 Å². The number of benzene rings is 1. The summed E-state index contributed by atoms with van der Waals surface area (Å²) in [6.07, 6.45) is 5.84. The number of hydrogen-bond donors (Lipinski definition) is 1. The molecule has 0 aliphatic rings. The number of amides is 2. The Bertz CT molecular complexity index is 733. The number of rotatable bonds is 8. The zero-order valence-electron chi connectivity index (χ0n) is 14.0. The molecule has 0 aliphatic heterocycles. The van der Waals surface area contributed by atoms with Crippen molar-refractivity contribution in [2.75, 3.05) is 26.7 Å². The third kappa shape index (κ3) is 5.98. The molecule has 0 fully saturated rings. The lowest BCUT2D eigenvalue weighted by Crippen LogP contribution is -2.38. The Morgan fingerprint density at radius 3 is 2.68 bits per heavy atom. The highest BCUT2D eigenvalue weighted by Gasteiger charge is 2.15. The molecule has 0 bridgehead atoms. The molecule has 2 amide bonds. The Labute approximate surface area is 151 Å². The molecule has 1 heterocycles. The first kappa shape index (κ1) is 18.6. The first-order valence-electron chi connectivity index (χ1n) is 7.81. The Balaban J connectivity index is 1.71. The summed E-state index contributed by atoms with van der Waals surface area (Å²) in [5.74, 6) is 2.81. The van der Waals surface area contributed by atoms with Gasteiger partial charge in [0.1, 0.15) is 12.4 Å². The fourth-order valence-electron chi connectivity index (χ4n) is 2.16. The Kier molecular flexibility index (Phi) is 7.05. The van der Waals surface area contributed by atoms with Crippen LogP contribution in [0.3, 0.4) is 0 Å². The van der Waals surface area contributed by atoms with Gasteiger partial charge in [-0.2, -0.15) is 0 Å². The fraction of sp³-hybridized carbons (Fsp3) is 0.263.